The first-order valence-corrected chi connectivity index (χ1v) is 4.31. The number of thiophene rings is 1. The van der Waals surface area contributed by atoms with E-state index in [0.29, 0.717) is 5.69 Å². The number of hydrogen-bond donors (Lipinski definition) is 1. The van der Waals surface area contributed by atoms with Gasteiger partial charge in [0.25, 0.3) is 0 Å². The number of aromatic nitrogens is 1. The van der Waals surface area contributed by atoms with Crippen molar-refractivity contribution in [3.8, 4) is 0 Å². The van der Waals surface area contributed by atoms with E-state index in [-0.39, 0.29) is 0 Å². The molecule has 0 aliphatic carbocycles. The number of nitrogens with zero attached hydrogens (tertiary/aromatic N) is 1. The third kappa shape index (κ3) is 1.06. The maximum Gasteiger partial charge on any atom is 0.124 e. The van der Waals surface area contributed by atoms with Crippen molar-refractivity contribution < 1.29 is 0 Å². The lowest BCUT2D eigenvalue weighted by Gasteiger charge is -1.91. The predicted molar refractivity (Wildman–Crippen MR) is 49.0 cm³/mol. The number of fused-ring (bicyclic) bond motifs is 1. The molecule has 0 spiro atoms. The molecule has 2 rings (SSSR count). The molecule has 0 fully saturated rings. The Labute approximate surface area is 72.6 Å². The minimum Gasteiger partial charge on any atom is -0.397 e. The zero-order valence-corrected chi connectivity index (χ0v) is 7.12. The van der Waals surface area contributed by atoms with Crippen LogP contribution in [0.1, 0.15) is 0 Å². The monoisotopic (exact) mass is 184 g/mol. The lowest BCUT2D eigenvalue weighted by Crippen LogP contribution is -1.84. The molecular formula is C7H5ClN2S. The summed E-state index contributed by atoms with van der Waals surface area (Å²) >= 11 is 7.38. The van der Waals surface area contributed by atoms with Crippen LogP contribution in [0.2, 0.25) is 5.02 Å². The molecule has 2 aromatic rings. The molecule has 4 heteroatoms. The first kappa shape index (κ1) is 6.88. The molecule has 11 heavy (non-hydrogen) atoms. The van der Waals surface area contributed by atoms with Crippen molar-refractivity contribution >= 4 is 38.8 Å². The van der Waals surface area contributed by atoms with E-state index in [1.165, 1.54) is 11.3 Å². The predicted octanol–water partition coefficient (Wildman–Crippen LogP) is 2.53. The van der Waals surface area contributed by atoms with E-state index in [1.807, 2.05) is 11.4 Å². The highest BCUT2D eigenvalue weighted by molar-refractivity contribution is 7.17. The topological polar surface area (TPSA) is 38.9 Å². The van der Waals surface area contributed by atoms with E-state index in [1.54, 1.807) is 6.20 Å². The number of rotatable bonds is 0. The number of anilines is 1. The number of nitrogens with two attached hydrogens (primary N) is 1. The Hall–Kier alpha value is -0.800. The average molecular weight is 185 g/mol. The SMILES string of the molecule is Nc1cnc2scc(Cl)c2c1. The van der Waals surface area contributed by atoms with Crippen molar-refractivity contribution in [2.24, 2.45) is 0 Å². The molecule has 0 aromatic carbocycles. The van der Waals surface area contributed by atoms with Gasteiger partial charge in [-0.2, -0.15) is 0 Å². The molecule has 0 atom stereocenters. The summed E-state index contributed by atoms with van der Waals surface area (Å²) < 4.78 is 0. The summed E-state index contributed by atoms with van der Waals surface area (Å²) in [5, 5.41) is 3.53. The summed E-state index contributed by atoms with van der Waals surface area (Å²) in [6.45, 7) is 0. The highest BCUT2D eigenvalue weighted by atomic mass is 35.5. The molecule has 2 aromatic heterocycles. The standard InChI is InChI=1S/C7H5ClN2S/c8-6-3-11-7-5(6)1-4(9)2-10-7/h1-3H,9H2. The van der Waals surface area contributed by atoms with Crippen molar-refractivity contribution in [3.63, 3.8) is 0 Å². The molecule has 2 heterocycles. The Morgan fingerprint density at radius 1 is 1.55 bits per heavy atom. The summed E-state index contributed by atoms with van der Waals surface area (Å²) in [4.78, 5) is 5.05. The van der Waals surface area contributed by atoms with Crippen molar-refractivity contribution in [3.05, 3.63) is 22.7 Å². The first-order valence-electron chi connectivity index (χ1n) is 3.05. The van der Waals surface area contributed by atoms with Crippen LogP contribution in [0.4, 0.5) is 5.69 Å². The van der Waals surface area contributed by atoms with Crippen LogP contribution in [0.25, 0.3) is 10.2 Å². The maximum atomic E-state index is 5.86. The van der Waals surface area contributed by atoms with Crippen LogP contribution < -0.4 is 5.73 Å². The minimum absolute atomic E-state index is 0.651. The van der Waals surface area contributed by atoms with Gasteiger partial charge in [0.15, 0.2) is 0 Å². The number of nitrogen functional groups attached to an aromatic ring is 1. The number of pyridine rings is 1. The van der Waals surface area contributed by atoms with Crippen molar-refractivity contribution in [1.29, 1.82) is 0 Å². The zero-order chi connectivity index (χ0) is 7.84. The summed E-state index contributed by atoms with van der Waals surface area (Å²) in [5.41, 5.74) is 6.19. The van der Waals surface area contributed by atoms with E-state index in [9.17, 15) is 0 Å². The van der Waals surface area contributed by atoms with E-state index in [2.05, 4.69) is 4.98 Å². The van der Waals surface area contributed by atoms with Gasteiger partial charge in [-0.3, -0.25) is 0 Å². The van der Waals surface area contributed by atoms with Gasteiger partial charge in [0.05, 0.1) is 16.9 Å². The molecule has 0 bridgehead atoms. The van der Waals surface area contributed by atoms with Crippen molar-refractivity contribution in [1.82, 2.24) is 4.98 Å². The molecule has 56 valence electrons. The van der Waals surface area contributed by atoms with Crippen LogP contribution in [0.5, 0.6) is 0 Å². The van der Waals surface area contributed by atoms with E-state index < -0.39 is 0 Å². The summed E-state index contributed by atoms with van der Waals surface area (Å²) in [5.74, 6) is 0. The molecule has 0 amide bonds. The van der Waals surface area contributed by atoms with Crippen molar-refractivity contribution in [2.75, 3.05) is 5.73 Å². The van der Waals surface area contributed by atoms with E-state index in [0.717, 1.165) is 15.2 Å². The Kier molecular flexibility index (Phi) is 1.47. The fourth-order valence-electron chi connectivity index (χ4n) is 0.904. The smallest absolute Gasteiger partial charge is 0.124 e. The van der Waals surface area contributed by atoms with Gasteiger partial charge >= 0.3 is 0 Å². The Morgan fingerprint density at radius 3 is 3.18 bits per heavy atom. The third-order valence-electron chi connectivity index (χ3n) is 1.40. The van der Waals surface area contributed by atoms with E-state index in [4.69, 9.17) is 17.3 Å². The first-order chi connectivity index (χ1) is 5.27. The quantitative estimate of drug-likeness (QED) is 0.684. The van der Waals surface area contributed by atoms with Gasteiger partial charge in [-0.25, -0.2) is 4.98 Å². The second-order valence-corrected chi connectivity index (χ2v) is 3.47. The molecule has 2 N–H and O–H groups in total. The molecule has 0 aliphatic rings. The third-order valence-corrected chi connectivity index (χ3v) is 2.75. The van der Waals surface area contributed by atoms with Crippen LogP contribution in [-0.2, 0) is 0 Å². The van der Waals surface area contributed by atoms with Gasteiger partial charge in [-0.05, 0) is 6.07 Å². The Morgan fingerprint density at radius 2 is 2.36 bits per heavy atom. The summed E-state index contributed by atoms with van der Waals surface area (Å²) in [6, 6.07) is 1.83. The van der Waals surface area contributed by atoms with Crippen LogP contribution in [0.3, 0.4) is 0 Å². The van der Waals surface area contributed by atoms with Crippen molar-refractivity contribution in [2.45, 2.75) is 0 Å². The molecule has 0 saturated heterocycles. The zero-order valence-electron chi connectivity index (χ0n) is 5.54. The fourth-order valence-corrected chi connectivity index (χ4v) is 1.99. The maximum absolute atomic E-state index is 5.86. The molecule has 0 unspecified atom stereocenters. The highest BCUT2D eigenvalue weighted by Crippen LogP contribution is 2.28. The van der Waals surface area contributed by atoms with Gasteiger partial charge < -0.3 is 5.73 Å². The summed E-state index contributed by atoms with van der Waals surface area (Å²) in [7, 11) is 0. The largest absolute Gasteiger partial charge is 0.397 e. The minimum atomic E-state index is 0.651. The molecule has 0 saturated carbocycles. The summed E-state index contributed by atoms with van der Waals surface area (Å²) in [6.07, 6.45) is 1.63. The van der Waals surface area contributed by atoms with Crippen LogP contribution in [-0.4, -0.2) is 4.98 Å². The van der Waals surface area contributed by atoms with Gasteiger partial charge in [0.1, 0.15) is 4.83 Å². The number of hydrogen-bond acceptors (Lipinski definition) is 3. The van der Waals surface area contributed by atoms with Crippen LogP contribution in [0.15, 0.2) is 17.6 Å². The second kappa shape index (κ2) is 2.36. The van der Waals surface area contributed by atoms with Crippen LogP contribution in [0, 0.1) is 0 Å². The van der Waals surface area contributed by atoms with Crippen LogP contribution >= 0.6 is 22.9 Å². The molecular weight excluding hydrogens is 180 g/mol. The molecule has 2 nitrogen and oxygen atoms in total. The van der Waals surface area contributed by atoms with Gasteiger partial charge in [-0.1, -0.05) is 11.6 Å². The second-order valence-electron chi connectivity index (χ2n) is 2.21. The lowest BCUT2D eigenvalue weighted by molar-refractivity contribution is 1.45. The number of halogens is 1. The fraction of sp³-hybridized carbons (Fsp3) is 0. The van der Waals surface area contributed by atoms with E-state index >= 15 is 0 Å². The molecule has 0 aliphatic heterocycles. The molecule has 0 radical (unpaired) electrons. The van der Waals surface area contributed by atoms with Gasteiger partial charge in [0.2, 0.25) is 0 Å². The normalized spacial score (nSPS) is 10.6. The Balaban J connectivity index is 2.87. The van der Waals surface area contributed by atoms with Gasteiger partial charge in [-0.15, -0.1) is 11.3 Å². The Bertz CT molecular complexity index is 396. The van der Waals surface area contributed by atoms with Gasteiger partial charge in [0, 0.05) is 10.8 Å². The lowest BCUT2D eigenvalue weighted by atomic mass is 10.3. The highest BCUT2D eigenvalue weighted by Gasteiger charge is 2.01. The average Bonchev–Trinajstić information content (AvgIpc) is 2.33.